The van der Waals surface area contributed by atoms with Crippen LogP contribution in [-0.2, 0) is 4.79 Å². The van der Waals surface area contributed by atoms with Crippen LogP contribution in [0.3, 0.4) is 0 Å². The number of anilines is 1. The highest BCUT2D eigenvalue weighted by molar-refractivity contribution is 6.01. The first-order chi connectivity index (χ1) is 10.6. The Morgan fingerprint density at radius 1 is 0.864 bits per heavy atom. The minimum Gasteiger partial charge on any atom is -0.326 e. The summed E-state index contributed by atoms with van der Waals surface area (Å²) in [5.74, 6) is -0.454. The van der Waals surface area contributed by atoms with E-state index in [0.717, 1.165) is 11.3 Å². The van der Waals surface area contributed by atoms with Crippen molar-refractivity contribution < 1.29 is 9.59 Å². The number of rotatable bonds is 4. The Bertz CT molecular complexity index is 692. The Morgan fingerprint density at radius 3 is 2.09 bits per heavy atom. The van der Waals surface area contributed by atoms with Crippen LogP contribution < -0.4 is 10.7 Å². The van der Waals surface area contributed by atoms with Crippen molar-refractivity contribution in [3.8, 4) is 0 Å². The molecule has 0 unspecified atom stereocenters. The first kappa shape index (κ1) is 15.4. The Kier molecular flexibility index (Phi) is 5.03. The highest BCUT2D eigenvalue weighted by atomic mass is 16.2. The van der Waals surface area contributed by atoms with E-state index in [0.29, 0.717) is 11.3 Å². The maximum atomic E-state index is 12.0. The predicted molar refractivity (Wildman–Crippen MR) is 86.9 cm³/mol. The third-order valence-corrected chi connectivity index (χ3v) is 2.98. The van der Waals surface area contributed by atoms with Crippen molar-refractivity contribution in [2.24, 2.45) is 5.10 Å². The standard InChI is InChI=1S/C17H17N3O2/c1-12(14-6-4-3-5-7-14)19-20-17(22)15-8-10-16(11-9-15)18-13(2)21/h3-11H,1-2H3,(H,18,21)(H,20,22)/b19-12+. The lowest BCUT2D eigenvalue weighted by Crippen LogP contribution is -2.19. The highest BCUT2D eigenvalue weighted by Crippen LogP contribution is 2.09. The van der Waals surface area contributed by atoms with E-state index in [2.05, 4.69) is 15.8 Å². The molecule has 0 aliphatic heterocycles. The molecule has 0 spiro atoms. The molecule has 22 heavy (non-hydrogen) atoms. The smallest absolute Gasteiger partial charge is 0.271 e. The van der Waals surface area contributed by atoms with Crippen LogP contribution in [0, 0.1) is 0 Å². The highest BCUT2D eigenvalue weighted by Gasteiger charge is 2.05. The van der Waals surface area contributed by atoms with Crippen molar-refractivity contribution in [1.29, 1.82) is 0 Å². The zero-order chi connectivity index (χ0) is 15.9. The Hall–Kier alpha value is -2.95. The van der Waals surface area contributed by atoms with Crippen LogP contribution in [0.1, 0.15) is 29.8 Å². The van der Waals surface area contributed by atoms with Crippen molar-refractivity contribution in [3.63, 3.8) is 0 Å². The number of benzene rings is 2. The number of amides is 2. The fraction of sp³-hybridized carbons (Fsp3) is 0.118. The van der Waals surface area contributed by atoms with Crippen LogP contribution in [0.4, 0.5) is 5.69 Å². The van der Waals surface area contributed by atoms with Crippen LogP contribution >= 0.6 is 0 Å². The Balaban J connectivity index is 2.01. The molecule has 0 aliphatic rings. The number of carbonyl (C=O) groups excluding carboxylic acids is 2. The summed E-state index contributed by atoms with van der Waals surface area (Å²) in [6.45, 7) is 3.26. The fourth-order valence-corrected chi connectivity index (χ4v) is 1.85. The van der Waals surface area contributed by atoms with Gasteiger partial charge in [0.25, 0.3) is 5.91 Å². The summed E-state index contributed by atoms with van der Waals surface area (Å²) in [5.41, 5.74) is 5.31. The van der Waals surface area contributed by atoms with E-state index in [4.69, 9.17) is 0 Å². The van der Waals surface area contributed by atoms with Crippen LogP contribution in [0.15, 0.2) is 59.7 Å². The van der Waals surface area contributed by atoms with Crippen LogP contribution in [0.25, 0.3) is 0 Å². The predicted octanol–water partition coefficient (Wildman–Crippen LogP) is 2.80. The molecule has 0 aliphatic carbocycles. The SMILES string of the molecule is CC(=O)Nc1ccc(C(=O)N/N=C(\C)c2ccccc2)cc1. The van der Waals surface area contributed by atoms with E-state index in [9.17, 15) is 9.59 Å². The van der Waals surface area contributed by atoms with Crippen molar-refractivity contribution in [2.45, 2.75) is 13.8 Å². The summed E-state index contributed by atoms with van der Waals surface area (Å²) < 4.78 is 0. The first-order valence-electron chi connectivity index (χ1n) is 6.84. The lowest BCUT2D eigenvalue weighted by atomic mass is 10.1. The van der Waals surface area contributed by atoms with Crippen molar-refractivity contribution >= 4 is 23.2 Å². The van der Waals surface area contributed by atoms with Gasteiger partial charge in [-0.15, -0.1) is 0 Å². The van der Waals surface area contributed by atoms with Crippen LogP contribution in [0.2, 0.25) is 0 Å². The molecule has 2 aromatic rings. The van der Waals surface area contributed by atoms with Gasteiger partial charge < -0.3 is 5.32 Å². The van der Waals surface area contributed by atoms with Gasteiger partial charge >= 0.3 is 0 Å². The van der Waals surface area contributed by atoms with Gasteiger partial charge in [0.2, 0.25) is 5.91 Å². The molecule has 112 valence electrons. The summed E-state index contributed by atoms with van der Waals surface area (Å²) >= 11 is 0. The summed E-state index contributed by atoms with van der Waals surface area (Å²) in [6, 6.07) is 16.2. The number of nitrogens with zero attached hydrogens (tertiary/aromatic N) is 1. The molecule has 0 saturated heterocycles. The average molecular weight is 295 g/mol. The van der Waals surface area contributed by atoms with E-state index in [1.54, 1.807) is 24.3 Å². The van der Waals surface area contributed by atoms with Gasteiger partial charge in [-0.2, -0.15) is 5.10 Å². The Morgan fingerprint density at radius 2 is 1.50 bits per heavy atom. The molecular formula is C17H17N3O2. The summed E-state index contributed by atoms with van der Waals surface area (Å²) in [6.07, 6.45) is 0. The molecule has 0 radical (unpaired) electrons. The normalized spacial score (nSPS) is 10.9. The zero-order valence-corrected chi connectivity index (χ0v) is 12.5. The monoisotopic (exact) mass is 295 g/mol. The third-order valence-electron chi connectivity index (χ3n) is 2.98. The molecule has 0 heterocycles. The van der Waals surface area contributed by atoms with Gasteiger partial charge in [0.15, 0.2) is 0 Å². The maximum absolute atomic E-state index is 12.0. The van der Waals surface area contributed by atoms with Gasteiger partial charge in [0, 0.05) is 18.2 Å². The number of hydrogen-bond acceptors (Lipinski definition) is 3. The van der Waals surface area contributed by atoms with Gasteiger partial charge in [-0.05, 0) is 36.8 Å². The molecule has 0 aromatic heterocycles. The van der Waals surface area contributed by atoms with E-state index < -0.39 is 0 Å². The molecule has 5 nitrogen and oxygen atoms in total. The van der Waals surface area contributed by atoms with Gasteiger partial charge in [-0.1, -0.05) is 30.3 Å². The van der Waals surface area contributed by atoms with E-state index in [1.165, 1.54) is 6.92 Å². The summed E-state index contributed by atoms with van der Waals surface area (Å²) in [7, 11) is 0. The molecule has 5 heteroatoms. The van der Waals surface area contributed by atoms with Gasteiger partial charge in [-0.3, -0.25) is 9.59 Å². The lowest BCUT2D eigenvalue weighted by Gasteiger charge is -2.05. The van der Waals surface area contributed by atoms with Gasteiger partial charge in [0.05, 0.1) is 5.71 Å². The quantitative estimate of drug-likeness (QED) is 0.672. The Labute approximate surface area is 129 Å². The van der Waals surface area contributed by atoms with Crippen molar-refractivity contribution in [2.75, 3.05) is 5.32 Å². The second-order valence-electron chi connectivity index (χ2n) is 4.76. The minimum absolute atomic E-state index is 0.153. The second-order valence-corrected chi connectivity index (χ2v) is 4.76. The second kappa shape index (κ2) is 7.17. The number of carbonyl (C=O) groups is 2. The van der Waals surface area contributed by atoms with Crippen LogP contribution in [0.5, 0.6) is 0 Å². The summed E-state index contributed by atoms with van der Waals surface area (Å²) in [4.78, 5) is 22.9. The minimum atomic E-state index is -0.301. The molecule has 2 amide bonds. The zero-order valence-electron chi connectivity index (χ0n) is 12.5. The molecule has 2 aromatic carbocycles. The molecule has 2 rings (SSSR count). The molecule has 0 fully saturated rings. The summed E-state index contributed by atoms with van der Waals surface area (Å²) in [5, 5.41) is 6.73. The number of hydrogen-bond donors (Lipinski definition) is 2. The lowest BCUT2D eigenvalue weighted by molar-refractivity contribution is -0.114. The fourth-order valence-electron chi connectivity index (χ4n) is 1.85. The number of hydrazone groups is 1. The largest absolute Gasteiger partial charge is 0.326 e. The van der Waals surface area contributed by atoms with Gasteiger partial charge in [0.1, 0.15) is 0 Å². The van der Waals surface area contributed by atoms with Gasteiger partial charge in [-0.25, -0.2) is 5.43 Å². The van der Waals surface area contributed by atoms with Crippen LogP contribution in [-0.4, -0.2) is 17.5 Å². The van der Waals surface area contributed by atoms with E-state index in [1.807, 2.05) is 37.3 Å². The third kappa shape index (κ3) is 4.28. The molecular weight excluding hydrogens is 278 g/mol. The van der Waals surface area contributed by atoms with Crippen molar-refractivity contribution in [1.82, 2.24) is 5.43 Å². The molecule has 0 saturated carbocycles. The number of nitrogens with one attached hydrogen (secondary N) is 2. The van der Waals surface area contributed by atoms with Crippen molar-refractivity contribution in [3.05, 3.63) is 65.7 Å². The molecule has 2 N–H and O–H groups in total. The topological polar surface area (TPSA) is 70.6 Å². The molecule has 0 bridgehead atoms. The first-order valence-corrected chi connectivity index (χ1v) is 6.84. The molecule has 0 atom stereocenters. The van der Waals surface area contributed by atoms with E-state index in [-0.39, 0.29) is 11.8 Å². The van der Waals surface area contributed by atoms with E-state index >= 15 is 0 Å². The maximum Gasteiger partial charge on any atom is 0.271 e. The average Bonchev–Trinajstić information content (AvgIpc) is 2.53.